The minimum Gasteiger partial charge on any atom is -0.477 e. The van der Waals surface area contributed by atoms with E-state index in [-0.39, 0.29) is 53.4 Å². The van der Waals surface area contributed by atoms with Gasteiger partial charge in [0, 0.05) is 41.3 Å². The van der Waals surface area contributed by atoms with Crippen LogP contribution in [0.15, 0.2) is 10.6 Å². The summed E-state index contributed by atoms with van der Waals surface area (Å²) in [4.78, 5) is 26.4. The van der Waals surface area contributed by atoms with Crippen molar-refractivity contribution in [1.29, 1.82) is 0 Å². The van der Waals surface area contributed by atoms with E-state index < -0.39 is 18.0 Å². The van der Waals surface area contributed by atoms with Gasteiger partial charge in [-0.1, -0.05) is 6.92 Å². The molecule has 3 aliphatic heterocycles. The van der Waals surface area contributed by atoms with Crippen molar-refractivity contribution in [1.82, 2.24) is 10.2 Å². The van der Waals surface area contributed by atoms with Gasteiger partial charge in [0.2, 0.25) is 5.91 Å². The Morgan fingerprint density at radius 2 is 2.11 bits per heavy atom. The van der Waals surface area contributed by atoms with Crippen molar-refractivity contribution in [3.8, 4) is 0 Å². The van der Waals surface area contributed by atoms with Crippen LogP contribution >= 0.6 is 11.8 Å². The quantitative estimate of drug-likeness (QED) is 0.350. The smallest absolute Gasteiger partial charge is 0.353 e. The van der Waals surface area contributed by atoms with Crippen LogP contribution in [0.1, 0.15) is 33.6 Å². The van der Waals surface area contributed by atoms with Gasteiger partial charge in [-0.05, 0) is 32.6 Å². The highest BCUT2D eigenvalue weighted by atomic mass is 32.2. The number of aliphatic carboxylic acids is 1. The number of carbonyl (C=O) groups is 2. The molecule has 6 N–H and O–H groups in total. The number of amides is 1. The minimum atomic E-state index is -1.09. The van der Waals surface area contributed by atoms with Gasteiger partial charge in [0.05, 0.1) is 18.1 Å². The van der Waals surface area contributed by atoms with Crippen molar-refractivity contribution < 1.29 is 24.9 Å². The first-order valence-corrected chi connectivity index (χ1v) is 10.8. The largest absolute Gasteiger partial charge is 0.477 e. The third kappa shape index (κ3) is 3.59. The molecule has 158 valence electrons. The number of β-lactam (4-membered cyclic amide) rings is 1. The lowest BCUT2D eigenvalue weighted by molar-refractivity contribution is -0.163. The molecule has 0 aromatic heterocycles. The van der Waals surface area contributed by atoms with Gasteiger partial charge < -0.3 is 31.3 Å². The molecular formula is C19H31N3O5S. The summed E-state index contributed by atoms with van der Waals surface area (Å²) in [5.74, 6) is -1.89. The number of nitrogens with one attached hydrogen (secondary N) is 1. The summed E-state index contributed by atoms with van der Waals surface area (Å²) in [5.41, 5.74) is 6.16. The standard InChI is InChI=1S/C19H31N3O5S/c1-8-15-14(10(3)24)18(25)22(15)16(19(26)27)17(8)28-11-6-13(21-7-11)12(4-5-23)9(2)20/h8-15,21,23-24H,4-7,20H2,1-3H3,(H,26,27)/t8-,9?,10-,11+,12?,13+,14-,15-/m1/s1. The van der Waals surface area contributed by atoms with Crippen molar-refractivity contribution in [3.63, 3.8) is 0 Å². The number of thioether (sulfide) groups is 1. The van der Waals surface area contributed by atoms with Crippen LogP contribution in [0.3, 0.4) is 0 Å². The Hall–Kier alpha value is -1.13. The van der Waals surface area contributed by atoms with Gasteiger partial charge in [0.25, 0.3) is 0 Å². The molecule has 8 atom stereocenters. The second-order valence-electron chi connectivity index (χ2n) is 8.30. The van der Waals surface area contributed by atoms with Crippen LogP contribution in [-0.4, -0.2) is 74.7 Å². The van der Waals surface area contributed by atoms with Gasteiger partial charge in [-0.3, -0.25) is 4.79 Å². The third-order valence-electron chi connectivity index (χ3n) is 6.38. The van der Waals surface area contributed by atoms with E-state index in [0.29, 0.717) is 6.42 Å². The zero-order valence-electron chi connectivity index (χ0n) is 16.5. The first-order valence-electron chi connectivity index (χ1n) is 9.94. The van der Waals surface area contributed by atoms with Crippen LogP contribution in [0.25, 0.3) is 0 Å². The van der Waals surface area contributed by atoms with Gasteiger partial charge in [-0.15, -0.1) is 11.8 Å². The van der Waals surface area contributed by atoms with E-state index in [2.05, 4.69) is 5.32 Å². The van der Waals surface area contributed by atoms with Crippen molar-refractivity contribution >= 4 is 23.6 Å². The SMILES string of the molecule is CC(N)C(CCO)[C@@H]1C[C@H](SC2=C(C(=O)O)N3C(=O)[C@H]([C@@H](C)O)[C@H]3[C@H]2C)CN1. The van der Waals surface area contributed by atoms with Gasteiger partial charge in [0.1, 0.15) is 5.70 Å². The molecule has 9 heteroatoms. The molecule has 0 aliphatic carbocycles. The fraction of sp³-hybridized carbons (Fsp3) is 0.789. The molecule has 3 heterocycles. The molecule has 3 rings (SSSR count). The van der Waals surface area contributed by atoms with Crippen LogP contribution in [0.4, 0.5) is 0 Å². The molecule has 0 radical (unpaired) electrons. The van der Waals surface area contributed by atoms with Gasteiger partial charge in [-0.2, -0.15) is 0 Å². The molecule has 2 saturated heterocycles. The summed E-state index contributed by atoms with van der Waals surface area (Å²) in [6.45, 7) is 6.28. The van der Waals surface area contributed by atoms with E-state index in [9.17, 15) is 24.9 Å². The lowest BCUT2D eigenvalue weighted by Crippen LogP contribution is -2.63. The lowest BCUT2D eigenvalue weighted by Gasteiger charge is -2.46. The van der Waals surface area contributed by atoms with E-state index in [1.807, 2.05) is 13.8 Å². The summed E-state index contributed by atoms with van der Waals surface area (Å²) in [6.07, 6.45) is 0.670. The second-order valence-corrected chi connectivity index (χ2v) is 9.64. The van der Waals surface area contributed by atoms with Crippen LogP contribution in [0, 0.1) is 17.8 Å². The van der Waals surface area contributed by atoms with E-state index in [1.165, 1.54) is 16.7 Å². The monoisotopic (exact) mass is 413 g/mol. The van der Waals surface area contributed by atoms with Gasteiger partial charge in [-0.25, -0.2) is 4.79 Å². The molecule has 0 saturated carbocycles. The topological polar surface area (TPSA) is 136 Å². The summed E-state index contributed by atoms with van der Waals surface area (Å²) in [6, 6.07) is -0.143. The molecule has 3 aliphatic rings. The number of aliphatic hydroxyl groups is 2. The Bertz CT molecular complexity index is 668. The molecule has 0 spiro atoms. The Kier molecular flexibility index (Phi) is 6.41. The van der Waals surface area contributed by atoms with Crippen molar-refractivity contribution in [2.75, 3.05) is 13.2 Å². The fourth-order valence-electron chi connectivity index (χ4n) is 4.99. The minimum absolute atomic E-state index is 0.0426. The summed E-state index contributed by atoms with van der Waals surface area (Å²) >= 11 is 1.53. The van der Waals surface area contributed by atoms with Gasteiger partial charge >= 0.3 is 5.97 Å². The van der Waals surface area contributed by atoms with Crippen molar-refractivity contribution in [2.45, 2.75) is 63.1 Å². The van der Waals surface area contributed by atoms with E-state index in [4.69, 9.17) is 5.73 Å². The highest BCUT2D eigenvalue weighted by molar-refractivity contribution is 8.03. The number of hydrogen-bond donors (Lipinski definition) is 5. The van der Waals surface area contributed by atoms with Gasteiger partial charge in [0.15, 0.2) is 0 Å². The van der Waals surface area contributed by atoms with E-state index in [1.54, 1.807) is 6.92 Å². The number of carbonyl (C=O) groups excluding carboxylic acids is 1. The predicted molar refractivity (Wildman–Crippen MR) is 106 cm³/mol. The number of fused-ring (bicyclic) bond motifs is 1. The Morgan fingerprint density at radius 1 is 1.43 bits per heavy atom. The number of carboxylic acids is 1. The highest BCUT2D eigenvalue weighted by Crippen LogP contribution is 2.52. The molecule has 28 heavy (non-hydrogen) atoms. The molecule has 1 amide bonds. The third-order valence-corrected chi connectivity index (χ3v) is 7.90. The number of hydrogen-bond acceptors (Lipinski definition) is 7. The molecule has 0 bridgehead atoms. The maximum atomic E-state index is 12.4. The van der Waals surface area contributed by atoms with Crippen LogP contribution in [0.5, 0.6) is 0 Å². The van der Waals surface area contributed by atoms with E-state index in [0.717, 1.165) is 17.9 Å². The maximum absolute atomic E-state index is 12.4. The zero-order valence-corrected chi connectivity index (χ0v) is 17.4. The second kappa shape index (κ2) is 8.31. The fourth-order valence-corrected chi connectivity index (χ4v) is 6.48. The average Bonchev–Trinajstić information content (AvgIpc) is 3.15. The molecule has 0 aromatic carbocycles. The maximum Gasteiger partial charge on any atom is 0.353 e. The van der Waals surface area contributed by atoms with Crippen molar-refractivity contribution in [3.05, 3.63) is 10.6 Å². The Balaban J connectivity index is 1.75. The molecule has 2 unspecified atom stereocenters. The normalized spacial score (nSPS) is 35.6. The summed E-state index contributed by atoms with van der Waals surface area (Å²) in [5, 5.41) is 32.6. The first-order chi connectivity index (χ1) is 13.2. The molecule has 0 aromatic rings. The molecule has 8 nitrogen and oxygen atoms in total. The summed E-state index contributed by atoms with van der Waals surface area (Å²) < 4.78 is 0. The number of carboxylic acid groups (broad SMARTS) is 1. The highest BCUT2D eigenvalue weighted by Gasteiger charge is 2.60. The number of rotatable bonds is 8. The number of aliphatic hydroxyl groups excluding tert-OH is 2. The summed E-state index contributed by atoms with van der Waals surface area (Å²) in [7, 11) is 0. The molecule has 2 fully saturated rings. The molecular weight excluding hydrogens is 382 g/mol. The zero-order chi connectivity index (χ0) is 20.7. The van der Waals surface area contributed by atoms with Crippen LogP contribution in [-0.2, 0) is 9.59 Å². The van der Waals surface area contributed by atoms with Crippen molar-refractivity contribution in [2.24, 2.45) is 23.5 Å². The van der Waals surface area contributed by atoms with Crippen LogP contribution < -0.4 is 11.1 Å². The first kappa shape index (κ1) is 21.6. The Labute approximate surface area is 169 Å². The predicted octanol–water partition coefficient (Wildman–Crippen LogP) is -0.0504. The lowest BCUT2D eigenvalue weighted by atomic mass is 9.79. The van der Waals surface area contributed by atoms with E-state index >= 15 is 0 Å². The average molecular weight is 414 g/mol. The number of nitrogens with two attached hydrogens (primary N) is 1. The Morgan fingerprint density at radius 3 is 2.64 bits per heavy atom. The van der Waals surface area contributed by atoms with Crippen LogP contribution in [0.2, 0.25) is 0 Å². The number of nitrogens with zero attached hydrogens (tertiary/aromatic N) is 1.